The van der Waals surface area contributed by atoms with Crippen LogP contribution in [0, 0.1) is 6.92 Å². The van der Waals surface area contributed by atoms with E-state index in [0.717, 1.165) is 25.9 Å². The van der Waals surface area contributed by atoms with E-state index in [4.69, 9.17) is 4.74 Å². The van der Waals surface area contributed by atoms with Crippen LogP contribution in [0.5, 0.6) is 5.75 Å². The lowest BCUT2D eigenvalue weighted by Gasteiger charge is -2.10. The van der Waals surface area contributed by atoms with Gasteiger partial charge in [-0.25, -0.2) is 0 Å². The largest absolute Gasteiger partial charge is 0.493 e. The summed E-state index contributed by atoms with van der Waals surface area (Å²) < 4.78 is 7.06. The Hall–Kier alpha value is -1.33. The third-order valence-electron chi connectivity index (χ3n) is 2.87. The van der Waals surface area contributed by atoms with Crippen molar-refractivity contribution in [3.8, 4) is 5.75 Å². The first-order valence-corrected chi connectivity index (χ1v) is 8.09. The molecule has 0 aliphatic rings. The Kier molecular flexibility index (Phi) is 5.42. The second-order valence-corrected chi connectivity index (χ2v) is 6.22. The van der Waals surface area contributed by atoms with Crippen LogP contribution in [-0.4, -0.2) is 12.5 Å². The Morgan fingerprint density at radius 3 is 2.52 bits per heavy atom. The zero-order valence-electron chi connectivity index (χ0n) is 11.7. The van der Waals surface area contributed by atoms with E-state index in [1.54, 1.807) is 18.2 Å². The Balaban J connectivity index is 2.18. The van der Waals surface area contributed by atoms with E-state index in [-0.39, 0.29) is 5.91 Å². The summed E-state index contributed by atoms with van der Waals surface area (Å²) in [4.78, 5) is 12.3. The van der Waals surface area contributed by atoms with Crippen molar-refractivity contribution in [2.45, 2.75) is 13.8 Å². The average molecular weight is 413 g/mol. The average Bonchev–Trinajstić information content (AvgIpc) is 2.44. The maximum Gasteiger partial charge on any atom is 0.255 e. The van der Waals surface area contributed by atoms with Crippen molar-refractivity contribution in [3.63, 3.8) is 0 Å². The molecule has 5 heteroatoms. The van der Waals surface area contributed by atoms with Crippen LogP contribution in [0.2, 0.25) is 0 Å². The van der Waals surface area contributed by atoms with E-state index in [9.17, 15) is 4.79 Å². The fourth-order valence-electron chi connectivity index (χ4n) is 1.83. The number of carbonyl (C=O) groups excluding carboxylic acids is 1. The second-order valence-electron chi connectivity index (χ2n) is 4.52. The zero-order valence-corrected chi connectivity index (χ0v) is 14.9. The molecule has 0 spiro atoms. The van der Waals surface area contributed by atoms with Gasteiger partial charge in [0.2, 0.25) is 0 Å². The molecule has 0 aromatic heterocycles. The first-order valence-electron chi connectivity index (χ1n) is 6.51. The van der Waals surface area contributed by atoms with Crippen molar-refractivity contribution < 1.29 is 9.53 Å². The monoisotopic (exact) mass is 411 g/mol. The van der Waals surface area contributed by atoms with Gasteiger partial charge >= 0.3 is 0 Å². The maximum atomic E-state index is 12.3. The third-order valence-corrected chi connectivity index (χ3v) is 4.14. The van der Waals surface area contributed by atoms with Crippen molar-refractivity contribution >= 4 is 43.5 Å². The predicted molar refractivity (Wildman–Crippen MR) is 92.1 cm³/mol. The number of anilines is 1. The van der Waals surface area contributed by atoms with Gasteiger partial charge in [0.25, 0.3) is 5.91 Å². The van der Waals surface area contributed by atoms with Crippen LogP contribution in [0.4, 0.5) is 5.69 Å². The smallest absolute Gasteiger partial charge is 0.255 e. The number of ether oxygens (including phenoxy) is 1. The lowest BCUT2D eigenvalue weighted by atomic mass is 10.2. The Labute approximate surface area is 141 Å². The van der Waals surface area contributed by atoms with Crippen LogP contribution in [0.15, 0.2) is 45.3 Å². The number of aryl methyl sites for hydroxylation is 1. The summed E-state index contributed by atoms with van der Waals surface area (Å²) in [5, 5.41) is 2.88. The quantitative estimate of drug-likeness (QED) is 0.751. The normalized spacial score (nSPS) is 10.3. The number of hydrogen-bond acceptors (Lipinski definition) is 2. The Morgan fingerprint density at radius 1 is 1.14 bits per heavy atom. The fourth-order valence-corrected chi connectivity index (χ4v) is 2.92. The van der Waals surface area contributed by atoms with Crippen molar-refractivity contribution in [1.82, 2.24) is 0 Å². The molecule has 1 amide bonds. The van der Waals surface area contributed by atoms with Crippen molar-refractivity contribution in [3.05, 3.63) is 56.5 Å². The minimum Gasteiger partial charge on any atom is -0.493 e. The summed E-state index contributed by atoms with van der Waals surface area (Å²) in [6, 6.07) is 11.1. The molecule has 0 bridgehead atoms. The van der Waals surface area contributed by atoms with Crippen LogP contribution < -0.4 is 10.1 Å². The molecule has 21 heavy (non-hydrogen) atoms. The molecule has 2 aromatic carbocycles. The molecule has 2 aromatic rings. The number of rotatable bonds is 4. The molecule has 3 nitrogen and oxygen atoms in total. The van der Waals surface area contributed by atoms with Gasteiger partial charge in [0.1, 0.15) is 5.75 Å². The van der Waals surface area contributed by atoms with Crippen LogP contribution in [0.25, 0.3) is 0 Å². The molecular formula is C16H15Br2NO2. The van der Waals surface area contributed by atoms with Gasteiger partial charge in [-0.05, 0) is 81.6 Å². The van der Waals surface area contributed by atoms with E-state index < -0.39 is 0 Å². The highest BCUT2D eigenvalue weighted by Gasteiger charge is 2.11. The minimum absolute atomic E-state index is 0.164. The second kappa shape index (κ2) is 7.09. The van der Waals surface area contributed by atoms with E-state index in [0.29, 0.717) is 12.2 Å². The molecule has 0 aliphatic carbocycles. The van der Waals surface area contributed by atoms with Crippen LogP contribution in [0.3, 0.4) is 0 Å². The number of nitrogens with one attached hydrogen (secondary N) is 1. The molecule has 0 radical (unpaired) electrons. The summed E-state index contributed by atoms with van der Waals surface area (Å²) >= 11 is 6.86. The van der Waals surface area contributed by atoms with E-state index in [1.165, 1.54) is 0 Å². The SMILES string of the molecule is CCOc1ccc(C(=O)Nc2ccc(C)cc2Br)cc1Br. The molecule has 0 fully saturated rings. The summed E-state index contributed by atoms with van der Waals surface area (Å²) in [7, 11) is 0. The van der Waals surface area contributed by atoms with Crippen LogP contribution >= 0.6 is 31.9 Å². The maximum absolute atomic E-state index is 12.3. The molecule has 0 heterocycles. The standard InChI is InChI=1S/C16H15Br2NO2/c1-3-21-15-7-5-11(9-13(15)18)16(20)19-14-6-4-10(2)8-12(14)17/h4-9H,3H2,1-2H3,(H,19,20). The zero-order chi connectivity index (χ0) is 15.4. The Bertz CT molecular complexity index is 671. The first-order chi connectivity index (χ1) is 10.0. The van der Waals surface area contributed by atoms with Gasteiger partial charge in [0.15, 0.2) is 0 Å². The topological polar surface area (TPSA) is 38.3 Å². The lowest BCUT2D eigenvalue weighted by Crippen LogP contribution is -2.12. The number of benzene rings is 2. The molecular weight excluding hydrogens is 398 g/mol. The molecule has 0 saturated heterocycles. The molecule has 0 atom stereocenters. The van der Waals surface area contributed by atoms with Crippen LogP contribution in [0.1, 0.15) is 22.8 Å². The van der Waals surface area contributed by atoms with Gasteiger partial charge in [0.05, 0.1) is 16.8 Å². The molecule has 1 N–H and O–H groups in total. The van der Waals surface area contributed by atoms with Crippen LogP contribution in [-0.2, 0) is 0 Å². The fraction of sp³-hybridized carbons (Fsp3) is 0.188. The molecule has 0 aliphatic heterocycles. The first kappa shape index (κ1) is 16.0. The van der Waals surface area contributed by atoms with Crippen molar-refractivity contribution in [1.29, 1.82) is 0 Å². The molecule has 0 unspecified atom stereocenters. The highest BCUT2D eigenvalue weighted by Crippen LogP contribution is 2.27. The van der Waals surface area contributed by atoms with E-state index in [1.807, 2.05) is 32.0 Å². The van der Waals surface area contributed by atoms with Crippen molar-refractivity contribution in [2.24, 2.45) is 0 Å². The van der Waals surface area contributed by atoms with Crippen molar-refractivity contribution in [2.75, 3.05) is 11.9 Å². The van der Waals surface area contributed by atoms with Gasteiger partial charge < -0.3 is 10.1 Å². The van der Waals surface area contributed by atoms with E-state index >= 15 is 0 Å². The number of amides is 1. The molecule has 0 saturated carbocycles. The summed E-state index contributed by atoms with van der Waals surface area (Å²) in [5.41, 5.74) is 2.44. The highest BCUT2D eigenvalue weighted by molar-refractivity contribution is 9.11. The highest BCUT2D eigenvalue weighted by atomic mass is 79.9. The Morgan fingerprint density at radius 2 is 1.90 bits per heavy atom. The number of carbonyl (C=O) groups is 1. The number of hydrogen-bond donors (Lipinski definition) is 1. The van der Waals surface area contributed by atoms with E-state index in [2.05, 4.69) is 37.2 Å². The van der Waals surface area contributed by atoms with Gasteiger partial charge in [-0.15, -0.1) is 0 Å². The van der Waals surface area contributed by atoms with Gasteiger partial charge in [0, 0.05) is 10.0 Å². The van der Waals surface area contributed by atoms with Gasteiger partial charge in [-0.1, -0.05) is 6.07 Å². The predicted octanol–water partition coefficient (Wildman–Crippen LogP) is 5.17. The molecule has 2 rings (SSSR count). The number of halogens is 2. The third kappa shape index (κ3) is 4.08. The molecule has 110 valence electrons. The van der Waals surface area contributed by atoms with Gasteiger partial charge in [-0.3, -0.25) is 4.79 Å². The summed E-state index contributed by atoms with van der Waals surface area (Å²) in [6.45, 7) is 4.50. The minimum atomic E-state index is -0.164. The summed E-state index contributed by atoms with van der Waals surface area (Å²) in [5.74, 6) is 0.564. The lowest BCUT2D eigenvalue weighted by molar-refractivity contribution is 0.102. The summed E-state index contributed by atoms with van der Waals surface area (Å²) in [6.07, 6.45) is 0. The van der Waals surface area contributed by atoms with Gasteiger partial charge in [-0.2, -0.15) is 0 Å².